The number of carboxylic acid groups (broad SMARTS) is 2. The van der Waals surface area contributed by atoms with Crippen LogP contribution in [0, 0.1) is 0 Å². The van der Waals surface area contributed by atoms with Crippen molar-refractivity contribution in [2.75, 3.05) is 39.3 Å². The van der Waals surface area contributed by atoms with E-state index in [2.05, 4.69) is 18.4 Å². The van der Waals surface area contributed by atoms with E-state index in [0.717, 1.165) is 9.80 Å². The number of rotatable bonds is 7. The average Bonchev–Trinajstić information content (AvgIpc) is 2.47. The molecule has 15 heteroatoms. The fourth-order valence-corrected chi connectivity index (χ4v) is 2.02. The van der Waals surface area contributed by atoms with Crippen LogP contribution in [0.1, 0.15) is 0 Å². The molecule has 0 aliphatic carbocycles. The maximum absolute atomic E-state index is 11.4. The van der Waals surface area contributed by atoms with E-state index in [-0.39, 0.29) is 13.1 Å². The molecule has 0 aromatic heterocycles. The third kappa shape index (κ3) is 8.91. The van der Waals surface area contributed by atoms with Crippen molar-refractivity contribution in [1.29, 1.82) is 0 Å². The molecule has 2 N–H and O–H groups in total. The van der Waals surface area contributed by atoms with E-state index >= 15 is 0 Å². The summed E-state index contributed by atoms with van der Waals surface area (Å²) in [5.41, 5.74) is 0. The van der Waals surface area contributed by atoms with Crippen LogP contribution >= 0.6 is 0 Å². The Labute approximate surface area is 140 Å². The summed E-state index contributed by atoms with van der Waals surface area (Å²) in [5.74, 6) is -4.92. The Bertz CT molecular complexity index is 588. The lowest BCUT2D eigenvalue weighted by atomic mass is 10.4. The number of aliphatic carboxylic acids is 2. The molecule has 0 unspecified atom stereocenters. The number of nitrogens with zero attached hydrogens (tertiary/aromatic N) is 2. The van der Waals surface area contributed by atoms with Crippen molar-refractivity contribution in [3.8, 4) is 0 Å². The maximum Gasteiger partial charge on any atom is 0.471 e. The van der Waals surface area contributed by atoms with E-state index in [1.165, 1.54) is 0 Å². The van der Waals surface area contributed by atoms with E-state index in [1.54, 1.807) is 0 Å². The maximum atomic E-state index is 11.4. The van der Waals surface area contributed by atoms with E-state index in [4.69, 9.17) is 10.2 Å². The molecule has 0 atom stereocenters. The normalized spacial score (nSPS) is 19.1. The minimum atomic E-state index is -4.86. The highest BCUT2D eigenvalue weighted by molar-refractivity contribution is 7.81. The molecule has 1 heterocycles. The van der Waals surface area contributed by atoms with Crippen molar-refractivity contribution < 1.29 is 56.3 Å². The second-order valence-electron chi connectivity index (χ2n) is 4.66. The molecule has 1 aliphatic heterocycles. The summed E-state index contributed by atoms with van der Waals surface area (Å²) in [5, 5.41) is 17.5. The Hall–Kier alpha value is -2.33. The van der Waals surface area contributed by atoms with Crippen LogP contribution in [0.25, 0.3) is 0 Å². The van der Waals surface area contributed by atoms with Crippen LogP contribution in [0.2, 0.25) is 0 Å². The Balaban J connectivity index is 2.70. The highest BCUT2D eigenvalue weighted by Crippen LogP contribution is 2.04. The number of hydrogen-bond donors (Lipinski definition) is 2. The first kappa shape index (κ1) is 20.7. The Kier molecular flexibility index (Phi) is 7.65. The monoisotopic (exact) mass is 386 g/mol. The zero-order chi connectivity index (χ0) is 19.0. The summed E-state index contributed by atoms with van der Waals surface area (Å²) < 4.78 is 29.3. The first-order valence-electron chi connectivity index (χ1n) is 6.48. The summed E-state index contributed by atoms with van der Waals surface area (Å²) in [6, 6.07) is 0. The van der Waals surface area contributed by atoms with Crippen LogP contribution in [-0.4, -0.2) is 91.6 Å². The molecule has 1 rings (SSSR count). The van der Waals surface area contributed by atoms with Crippen LogP contribution < -0.4 is 0 Å². The third-order valence-electron chi connectivity index (χ3n) is 2.58. The number of hydrogen-bond acceptors (Lipinski definition) is 12. The molecule has 1 aliphatic rings. The fraction of sp³-hybridized carbons (Fsp3) is 0.600. The molecule has 1 fully saturated rings. The first-order valence-corrected chi connectivity index (χ1v) is 7.82. The molecule has 0 bridgehead atoms. The molecular formula is C10H14N2O12S. The SMILES string of the molecule is O=C(O)CN(CCN1CC(=O)OOS(=O)(=O)OOC(=O)C1)CC(=O)O. The van der Waals surface area contributed by atoms with E-state index < -0.39 is 60.5 Å². The van der Waals surface area contributed by atoms with Crippen LogP contribution in [0.15, 0.2) is 0 Å². The number of carbonyl (C=O) groups is 4. The zero-order valence-corrected chi connectivity index (χ0v) is 13.3. The molecule has 0 aromatic carbocycles. The predicted molar refractivity (Wildman–Crippen MR) is 71.4 cm³/mol. The van der Waals surface area contributed by atoms with Crippen LogP contribution in [0.3, 0.4) is 0 Å². The van der Waals surface area contributed by atoms with Gasteiger partial charge in [0.05, 0.1) is 13.1 Å². The number of carboxylic acids is 2. The third-order valence-corrected chi connectivity index (χ3v) is 3.05. The number of carbonyl (C=O) groups excluding carboxylic acids is 2. The minimum absolute atomic E-state index is 0.140. The second-order valence-corrected chi connectivity index (χ2v) is 5.75. The van der Waals surface area contributed by atoms with Gasteiger partial charge in [0, 0.05) is 13.1 Å². The van der Waals surface area contributed by atoms with Gasteiger partial charge in [0.1, 0.15) is 13.1 Å². The Morgan fingerprint density at radius 3 is 1.84 bits per heavy atom. The van der Waals surface area contributed by atoms with Gasteiger partial charge in [-0.3, -0.25) is 29.2 Å². The highest BCUT2D eigenvalue weighted by atomic mass is 32.3. The molecule has 1 saturated heterocycles. The fourth-order valence-electron chi connectivity index (χ4n) is 1.68. The summed E-state index contributed by atoms with van der Waals surface area (Å²) >= 11 is 0. The topological polar surface area (TPSA) is 186 Å². The van der Waals surface area contributed by atoms with Gasteiger partial charge in [-0.05, 0) is 8.67 Å². The Morgan fingerprint density at radius 1 is 1.00 bits per heavy atom. The van der Waals surface area contributed by atoms with E-state index in [1.807, 2.05) is 0 Å². The second kappa shape index (κ2) is 9.23. The van der Waals surface area contributed by atoms with Crippen molar-refractivity contribution in [1.82, 2.24) is 9.80 Å². The van der Waals surface area contributed by atoms with Crippen LogP contribution in [0.4, 0.5) is 0 Å². The molecule has 142 valence electrons. The summed E-state index contributed by atoms with van der Waals surface area (Å²) in [7, 11) is -4.86. The quantitative estimate of drug-likeness (QED) is 0.420. The minimum Gasteiger partial charge on any atom is -0.480 e. The lowest BCUT2D eigenvalue weighted by Gasteiger charge is -2.24. The van der Waals surface area contributed by atoms with Gasteiger partial charge in [0.2, 0.25) is 0 Å². The van der Waals surface area contributed by atoms with Crippen molar-refractivity contribution in [2.24, 2.45) is 0 Å². The predicted octanol–water partition coefficient (Wildman–Crippen LogP) is -3.03. The van der Waals surface area contributed by atoms with Gasteiger partial charge in [-0.25, -0.2) is 9.59 Å². The molecule has 0 aromatic rings. The van der Waals surface area contributed by atoms with E-state index in [9.17, 15) is 27.6 Å². The average molecular weight is 386 g/mol. The summed E-state index contributed by atoms with van der Waals surface area (Å²) in [6.45, 7) is -2.67. The molecule has 0 spiro atoms. The van der Waals surface area contributed by atoms with Crippen LogP contribution in [-0.2, 0) is 48.0 Å². The standard InChI is InChI=1S/C10H14N2O12S/c13-7(14)3-11(4-8(15)16)1-2-12-5-9(17)21-23-25(19,20)24-22-10(18)6-12/h1-6H2,(H,13,14)(H,15,16). The lowest BCUT2D eigenvalue weighted by molar-refractivity contribution is -0.250. The van der Waals surface area contributed by atoms with Gasteiger partial charge in [0.25, 0.3) is 0 Å². The van der Waals surface area contributed by atoms with E-state index in [0.29, 0.717) is 0 Å². The molecule has 14 nitrogen and oxygen atoms in total. The lowest BCUT2D eigenvalue weighted by Crippen LogP contribution is -2.44. The molecular weight excluding hydrogens is 372 g/mol. The van der Waals surface area contributed by atoms with Crippen molar-refractivity contribution in [2.45, 2.75) is 0 Å². The van der Waals surface area contributed by atoms with Crippen molar-refractivity contribution in [3.63, 3.8) is 0 Å². The molecule has 0 saturated carbocycles. The van der Waals surface area contributed by atoms with Gasteiger partial charge < -0.3 is 10.2 Å². The summed E-state index contributed by atoms with van der Waals surface area (Å²) in [4.78, 5) is 54.3. The van der Waals surface area contributed by atoms with Crippen molar-refractivity contribution >= 4 is 34.3 Å². The molecule has 25 heavy (non-hydrogen) atoms. The largest absolute Gasteiger partial charge is 0.480 e. The zero-order valence-electron chi connectivity index (χ0n) is 12.5. The van der Waals surface area contributed by atoms with Gasteiger partial charge >= 0.3 is 34.3 Å². The highest BCUT2D eigenvalue weighted by Gasteiger charge is 2.27. The smallest absolute Gasteiger partial charge is 0.471 e. The Morgan fingerprint density at radius 2 is 1.44 bits per heavy atom. The van der Waals surface area contributed by atoms with Gasteiger partial charge in [-0.1, -0.05) is 0 Å². The first-order chi connectivity index (χ1) is 11.6. The molecule has 0 amide bonds. The van der Waals surface area contributed by atoms with Gasteiger partial charge in [-0.2, -0.15) is 8.42 Å². The van der Waals surface area contributed by atoms with Gasteiger partial charge in [-0.15, -0.1) is 0 Å². The van der Waals surface area contributed by atoms with Crippen LogP contribution in [0.5, 0.6) is 0 Å². The van der Waals surface area contributed by atoms with Crippen molar-refractivity contribution in [3.05, 3.63) is 0 Å². The summed E-state index contributed by atoms with van der Waals surface area (Å²) in [6.07, 6.45) is 0. The van der Waals surface area contributed by atoms with Gasteiger partial charge in [0.15, 0.2) is 0 Å². The molecule has 0 radical (unpaired) electrons.